The quantitative estimate of drug-likeness (QED) is 0.649. The van der Waals surface area contributed by atoms with Crippen LogP contribution >= 0.6 is 0 Å². The average Bonchev–Trinajstić information content (AvgIpc) is 2.79. The van der Waals surface area contributed by atoms with Crippen LogP contribution in [-0.2, 0) is 5.60 Å². The van der Waals surface area contributed by atoms with Gasteiger partial charge in [0.2, 0.25) is 0 Å². The average molecular weight is 447 g/mol. The van der Waals surface area contributed by atoms with Gasteiger partial charge in [-0.15, -0.1) is 0 Å². The van der Waals surface area contributed by atoms with E-state index in [1.807, 2.05) is 19.1 Å². The van der Waals surface area contributed by atoms with Crippen LogP contribution in [0.3, 0.4) is 0 Å². The largest absolute Gasteiger partial charge is 0.421 e. The second-order valence-electron chi connectivity index (χ2n) is 8.84. The third-order valence-corrected chi connectivity index (χ3v) is 6.90. The third-order valence-electron chi connectivity index (χ3n) is 6.90. The van der Waals surface area contributed by atoms with E-state index in [-0.39, 0.29) is 17.5 Å². The predicted octanol–water partition coefficient (Wildman–Crippen LogP) is 5.50. The lowest BCUT2D eigenvalue weighted by atomic mass is 9.75. The van der Waals surface area contributed by atoms with E-state index in [1.54, 1.807) is 4.90 Å². The van der Waals surface area contributed by atoms with Crippen LogP contribution in [0.4, 0.5) is 13.2 Å². The molecule has 1 saturated carbocycles. The van der Waals surface area contributed by atoms with Crippen LogP contribution in [0.15, 0.2) is 48.1 Å². The van der Waals surface area contributed by atoms with Crippen molar-refractivity contribution in [3.8, 4) is 6.07 Å². The number of hydrogen-bond acceptors (Lipinski definition) is 3. The highest BCUT2D eigenvalue weighted by atomic mass is 19.4. The van der Waals surface area contributed by atoms with E-state index < -0.39 is 11.8 Å². The zero-order chi connectivity index (χ0) is 23.5. The number of alkyl halides is 3. The zero-order valence-electron chi connectivity index (χ0n) is 18.4. The lowest BCUT2D eigenvalue weighted by Gasteiger charge is -2.38. The van der Waals surface area contributed by atoms with Crippen molar-refractivity contribution in [3.05, 3.63) is 59.2 Å². The molecule has 1 aromatic rings. The molecule has 2 aliphatic carbocycles. The highest BCUT2D eigenvalue weighted by molar-refractivity contribution is 5.94. The molecule has 2 aliphatic rings. The van der Waals surface area contributed by atoms with Gasteiger partial charge in [-0.25, -0.2) is 0 Å². The van der Waals surface area contributed by atoms with E-state index in [4.69, 9.17) is 5.26 Å². The highest BCUT2D eigenvalue weighted by Gasteiger charge is 2.51. The summed E-state index contributed by atoms with van der Waals surface area (Å²) in [5.74, 6) is 0.748. The Morgan fingerprint density at radius 3 is 2.28 bits per heavy atom. The Morgan fingerprint density at radius 1 is 1.19 bits per heavy atom. The number of nitriles is 1. The summed E-state index contributed by atoms with van der Waals surface area (Å²) in [6.07, 6.45) is 5.82. The second-order valence-corrected chi connectivity index (χ2v) is 8.84. The van der Waals surface area contributed by atoms with Crippen LogP contribution in [0.2, 0.25) is 0 Å². The number of halogens is 3. The summed E-state index contributed by atoms with van der Waals surface area (Å²) in [5, 5.41) is 18.8. The van der Waals surface area contributed by atoms with Gasteiger partial charge in [-0.1, -0.05) is 24.3 Å². The first-order valence-corrected chi connectivity index (χ1v) is 11.1. The molecule has 0 bridgehead atoms. The van der Waals surface area contributed by atoms with Crippen LogP contribution in [0.25, 0.3) is 0 Å². The maximum Gasteiger partial charge on any atom is 0.421 e. The molecule has 0 aliphatic heterocycles. The van der Waals surface area contributed by atoms with E-state index >= 15 is 0 Å². The number of allylic oxidation sites excluding steroid dienone is 4. The fourth-order valence-electron chi connectivity index (χ4n) is 4.75. The van der Waals surface area contributed by atoms with Gasteiger partial charge in [-0.3, -0.25) is 4.79 Å². The first-order chi connectivity index (χ1) is 15.1. The number of carbonyl (C=O) groups is 1. The molecule has 32 heavy (non-hydrogen) atoms. The van der Waals surface area contributed by atoms with Gasteiger partial charge in [0.25, 0.3) is 5.91 Å². The molecule has 7 heteroatoms. The van der Waals surface area contributed by atoms with Crippen molar-refractivity contribution >= 4 is 5.91 Å². The van der Waals surface area contributed by atoms with Crippen LogP contribution in [0, 0.1) is 23.2 Å². The molecule has 0 saturated heterocycles. The molecule has 0 heterocycles. The summed E-state index contributed by atoms with van der Waals surface area (Å²) >= 11 is 0. The molecule has 1 amide bonds. The van der Waals surface area contributed by atoms with Gasteiger partial charge in [-0.05, 0) is 81.6 Å². The van der Waals surface area contributed by atoms with Gasteiger partial charge < -0.3 is 10.0 Å². The van der Waals surface area contributed by atoms with Gasteiger partial charge in [0.1, 0.15) is 0 Å². The molecule has 0 aromatic heterocycles. The fourth-order valence-corrected chi connectivity index (χ4v) is 4.75. The van der Waals surface area contributed by atoms with Crippen molar-refractivity contribution in [1.82, 2.24) is 4.90 Å². The van der Waals surface area contributed by atoms with E-state index in [2.05, 4.69) is 12.1 Å². The molecular weight excluding hydrogens is 417 g/mol. The van der Waals surface area contributed by atoms with Crippen molar-refractivity contribution in [2.45, 2.75) is 63.8 Å². The first-order valence-electron chi connectivity index (χ1n) is 11.1. The smallest absolute Gasteiger partial charge is 0.376 e. The summed E-state index contributed by atoms with van der Waals surface area (Å²) in [4.78, 5) is 14.9. The topological polar surface area (TPSA) is 64.3 Å². The Hall–Kier alpha value is -2.59. The number of hydrogen-bond donors (Lipinski definition) is 1. The second kappa shape index (κ2) is 9.50. The Bertz CT molecular complexity index is 918. The molecule has 2 atom stereocenters. The minimum Gasteiger partial charge on any atom is -0.376 e. The zero-order valence-corrected chi connectivity index (χ0v) is 18.4. The number of carbonyl (C=O) groups excluding carboxylic acids is 1. The van der Waals surface area contributed by atoms with E-state index in [0.717, 1.165) is 32.1 Å². The predicted molar refractivity (Wildman–Crippen MR) is 115 cm³/mol. The number of amides is 1. The van der Waals surface area contributed by atoms with Crippen LogP contribution < -0.4 is 0 Å². The minimum atomic E-state index is -4.80. The molecule has 1 aromatic carbocycles. The molecular formula is C25H29F3N2O2. The van der Waals surface area contributed by atoms with Gasteiger partial charge in [-0.2, -0.15) is 18.4 Å². The van der Waals surface area contributed by atoms with Crippen molar-refractivity contribution in [2.75, 3.05) is 6.54 Å². The Kier molecular flexibility index (Phi) is 7.14. The Labute approximate surface area is 187 Å². The molecule has 0 spiro atoms. The van der Waals surface area contributed by atoms with Crippen LogP contribution in [0.5, 0.6) is 0 Å². The normalized spacial score (nSPS) is 25.4. The Morgan fingerprint density at radius 2 is 1.81 bits per heavy atom. The van der Waals surface area contributed by atoms with E-state index in [9.17, 15) is 23.1 Å². The molecule has 4 nitrogen and oxygen atoms in total. The monoisotopic (exact) mass is 446 g/mol. The van der Waals surface area contributed by atoms with Crippen molar-refractivity contribution in [3.63, 3.8) is 0 Å². The number of benzene rings is 1. The van der Waals surface area contributed by atoms with E-state index in [0.29, 0.717) is 36.4 Å². The molecule has 3 rings (SSSR count). The summed E-state index contributed by atoms with van der Waals surface area (Å²) in [5.41, 5.74) is -2.23. The lowest BCUT2D eigenvalue weighted by Crippen LogP contribution is -2.43. The summed E-state index contributed by atoms with van der Waals surface area (Å²) < 4.78 is 39.2. The van der Waals surface area contributed by atoms with E-state index in [1.165, 1.54) is 24.3 Å². The summed E-state index contributed by atoms with van der Waals surface area (Å²) in [6.45, 7) is 3.14. The van der Waals surface area contributed by atoms with Crippen LogP contribution in [0.1, 0.15) is 61.9 Å². The molecule has 0 unspecified atom stereocenters. The number of rotatable bonds is 5. The summed E-state index contributed by atoms with van der Waals surface area (Å²) in [6, 6.07) is 7.32. The summed E-state index contributed by atoms with van der Waals surface area (Å²) in [7, 11) is 0. The maximum absolute atomic E-state index is 13.1. The fraction of sp³-hybridized carbons (Fsp3) is 0.520. The molecule has 0 radical (unpaired) electrons. The molecule has 1 fully saturated rings. The van der Waals surface area contributed by atoms with Crippen molar-refractivity contribution < 1.29 is 23.1 Å². The standard InChI is InChI=1S/C25H29F3N2O2/c1-3-30(22-14-10-19(11-15-22)18-6-4-17(16-29)5-7-18)23(31)20-8-12-21(13-9-20)24(2,32)25(26,27)28/h4-6,8-9,12-13,18-19,22,32H,3,7,10-11,14-15H2,1-2H3/t18-,19?,22?,24+/m1/s1. The third kappa shape index (κ3) is 4.91. The van der Waals surface area contributed by atoms with Crippen molar-refractivity contribution in [2.24, 2.45) is 11.8 Å². The maximum atomic E-state index is 13.1. The minimum absolute atomic E-state index is 0.0968. The number of aliphatic hydroxyl groups is 1. The van der Waals surface area contributed by atoms with Gasteiger partial charge >= 0.3 is 6.18 Å². The molecule has 1 N–H and O–H groups in total. The molecule has 172 valence electrons. The number of nitrogens with zero attached hydrogens (tertiary/aromatic N) is 2. The van der Waals surface area contributed by atoms with Gasteiger partial charge in [0.15, 0.2) is 5.60 Å². The van der Waals surface area contributed by atoms with Crippen molar-refractivity contribution in [1.29, 1.82) is 5.26 Å². The van der Waals surface area contributed by atoms with Gasteiger partial charge in [0, 0.05) is 23.7 Å². The SMILES string of the molecule is CCN(C(=O)c1ccc([C@](C)(O)C(F)(F)F)cc1)C1CCC([C@@H]2C=CC(C#N)=CC2)CC1. The lowest BCUT2D eigenvalue weighted by molar-refractivity contribution is -0.258. The first kappa shape index (κ1) is 24.1. The highest BCUT2D eigenvalue weighted by Crippen LogP contribution is 2.39. The Balaban J connectivity index is 1.63. The van der Waals surface area contributed by atoms with Crippen LogP contribution in [-0.4, -0.2) is 34.7 Å². The van der Waals surface area contributed by atoms with Gasteiger partial charge in [0.05, 0.1) is 6.07 Å².